The van der Waals surface area contributed by atoms with E-state index in [1.165, 1.54) is 0 Å². The summed E-state index contributed by atoms with van der Waals surface area (Å²) in [6.45, 7) is 2.07. The third kappa shape index (κ3) is 1.95. The van der Waals surface area contributed by atoms with Gasteiger partial charge in [0.1, 0.15) is 0 Å². The molecule has 1 aromatic rings. The molecule has 0 spiro atoms. The summed E-state index contributed by atoms with van der Waals surface area (Å²) in [5, 5.41) is 9.26. The number of benzene rings is 1. The van der Waals surface area contributed by atoms with Gasteiger partial charge in [-0.05, 0) is 18.9 Å². The lowest BCUT2D eigenvalue weighted by atomic mass is 10.1. The Labute approximate surface area is 95.7 Å². The van der Waals surface area contributed by atoms with Crippen LogP contribution in [0, 0.1) is 0 Å². The largest absolute Gasteiger partial charge is 0.394 e. The van der Waals surface area contributed by atoms with Crippen molar-refractivity contribution < 1.29 is 9.90 Å². The molecule has 1 fully saturated rings. The summed E-state index contributed by atoms with van der Waals surface area (Å²) >= 11 is 0. The highest BCUT2D eigenvalue weighted by atomic mass is 16.3. The molecule has 0 bridgehead atoms. The Bertz CT molecular complexity index is 363. The van der Waals surface area contributed by atoms with Gasteiger partial charge in [0, 0.05) is 6.42 Å². The first-order valence-electron chi connectivity index (χ1n) is 5.71. The van der Waals surface area contributed by atoms with Gasteiger partial charge < -0.3 is 10.0 Å². The molecule has 1 amide bonds. The number of rotatable bonds is 3. The molecule has 2 atom stereocenters. The molecule has 0 radical (unpaired) electrons. The maximum Gasteiger partial charge on any atom is 0.223 e. The van der Waals surface area contributed by atoms with Crippen LogP contribution in [0.3, 0.4) is 0 Å². The van der Waals surface area contributed by atoms with E-state index in [-0.39, 0.29) is 24.6 Å². The van der Waals surface area contributed by atoms with Gasteiger partial charge in [-0.3, -0.25) is 4.79 Å². The Morgan fingerprint density at radius 3 is 2.75 bits per heavy atom. The van der Waals surface area contributed by atoms with E-state index < -0.39 is 0 Å². The third-order valence-electron chi connectivity index (χ3n) is 3.28. The van der Waals surface area contributed by atoms with E-state index in [2.05, 4.69) is 0 Å². The molecule has 16 heavy (non-hydrogen) atoms. The molecule has 1 N–H and O–H groups in total. The lowest BCUT2D eigenvalue weighted by molar-refractivity contribution is -0.131. The number of carbonyl (C=O) groups excluding carboxylic acids is 1. The summed E-state index contributed by atoms with van der Waals surface area (Å²) in [6, 6.07) is 9.98. The third-order valence-corrected chi connectivity index (χ3v) is 3.28. The van der Waals surface area contributed by atoms with Crippen LogP contribution in [0.1, 0.15) is 31.4 Å². The quantitative estimate of drug-likeness (QED) is 0.841. The summed E-state index contributed by atoms with van der Waals surface area (Å²) in [5.41, 5.74) is 1.12. The van der Waals surface area contributed by atoms with Crippen molar-refractivity contribution in [1.82, 2.24) is 4.90 Å². The van der Waals surface area contributed by atoms with Crippen molar-refractivity contribution in [2.45, 2.75) is 31.8 Å². The first-order chi connectivity index (χ1) is 7.74. The molecule has 1 heterocycles. The summed E-state index contributed by atoms with van der Waals surface area (Å²) in [5.74, 6) is 0.149. The molecular formula is C13H17NO2. The van der Waals surface area contributed by atoms with E-state index in [1.807, 2.05) is 42.2 Å². The Morgan fingerprint density at radius 1 is 1.44 bits per heavy atom. The highest BCUT2D eigenvalue weighted by molar-refractivity contribution is 5.79. The van der Waals surface area contributed by atoms with Crippen LogP contribution in [0.25, 0.3) is 0 Å². The van der Waals surface area contributed by atoms with E-state index in [1.54, 1.807) is 0 Å². The summed E-state index contributed by atoms with van der Waals surface area (Å²) in [7, 11) is 0. The smallest absolute Gasteiger partial charge is 0.223 e. The molecular weight excluding hydrogens is 202 g/mol. The van der Waals surface area contributed by atoms with Crippen LogP contribution in [-0.4, -0.2) is 28.6 Å². The summed E-state index contributed by atoms with van der Waals surface area (Å²) in [4.78, 5) is 13.6. The number of likely N-dealkylation sites (tertiary alicyclic amines) is 1. The molecule has 3 heteroatoms. The zero-order valence-corrected chi connectivity index (χ0v) is 9.47. The maximum absolute atomic E-state index is 11.8. The first kappa shape index (κ1) is 11.1. The second-order valence-corrected chi connectivity index (χ2v) is 4.26. The van der Waals surface area contributed by atoms with Gasteiger partial charge in [0.25, 0.3) is 0 Å². The average molecular weight is 219 g/mol. The van der Waals surface area contributed by atoms with Crippen LogP contribution in [0.4, 0.5) is 0 Å². The normalized spacial score (nSPS) is 22.5. The standard InChI is InChI=1S/C13H17NO2/c1-10(11-5-3-2-4-6-11)14-12(9-15)7-8-13(14)16/h2-6,10,12,15H,7-9H2,1H3/t10-,12-/m1/s1. The minimum absolute atomic E-state index is 0.0114. The number of carbonyl (C=O) groups is 1. The molecule has 0 aromatic heterocycles. The first-order valence-corrected chi connectivity index (χ1v) is 5.71. The van der Waals surface area contributed by atoms with Crippen molar-refractivity contribution in [1.29, 1.82) is 0 Å². The second-order valence-electron chi connectivity index (χ2n) is 4.26. The Hall–Kier alpha value is -1.35. The number of hydrogen-bond acceptors (Lipinski definition) is 2. The fourth-order valence-corrected chi connectivity index (χ4v) is 2.37. The number of aliphatic hydroxyl groups is 1. The van der Waals surface area contributed by atoms with Gasteiger partial charge in [-0.2, -0.15) is 0 Å². The molecule has 1 aromatic carbocycles. The van der Waals surface area contributed by atoms with Crippen LogP contribution in [0.2, 0.25) is 0 Å². The van der Waals surface area contributed by atoms with Gasteiger partial charge in [0.15, 0.2) is 0 Å². The monoisotopic (exact) mass is 219 g/mol. The van der Waals surface area contributed by atoms with Crippen LogP contribution in [0.15, 0.2) is 30.3 Å². The van der Waals surface area contributed by atoms with E-state index in [4.69, 9.17) is 0 Å². The summed E-state index contributed by atoms with van der Waals surface area (Å²) in [6.07, 6.45) is 1.33. The van der Waals surface area contributed by atoms with Gasteiger partial charge in [0.05, 0.1) is 18.7 Å². The van der Waals surface area contributed by atoms with Gasteiger partial charge in [-0.25, -0.2) is 0 Å². The van der Waals surface area contributed by atoms with Crippen LogP contribution in [-0.2, 0) is 4.79 Å². The van der Waals surface area contributed by atoms with Crippen LogP contribution < -0.4 is 0 Å². The molecule has 86 valence electrons. The van der Waals surface area contributed by atoms with E-state index in [0.717, 1.165) is 12.0 Å². The summed E-state index contributed by atoms with van der Waals surface area (Å²) < 4.78 is 0. The molecule has 1 aliphatic rings. The molecule has 3 nitrogen and oxygen atoms in total. The van der Waals surface area contributed by atoms with Gasteiger partial charge >= 0.3 is 0 Å². The second kappa shape index (κ2) is 4.66. The Balaban J connectivity index is 2.20. The van der Waals surface area contributed by atoms with Crippen molar-refractivity contribution in [2.75, 3.05) is 6.61 Å². The zero-order chi connectivity index (χ0) is 11.5. The van der Waals surface area contributed by atoms with Crippen molar-refractivity contribution in [3.8, 4) is 0 Å². The number of nitrogens with zero attached hydrogens (tertiary/aromatic N) is 1. The van der Waals surface area contributed by atoms with Gasteiger partial charge in [-0.15, -0.1) is 0 Å². The van der Waals surface area contributed by atoms with E-state index in [9.17, 15) is 9.90 Å². The number of amides is 1. The predicted octanol–water partition coefficient (Wildman–Crippen LogP) is 1.73. The van der Waals surface area contributed by atoms with Crippen molar-refractivity contribution in [3.63, 3.8) is 0 Å². The lowest BCUT2D eigenvalue weighted by Gasteiger charge is -2.30. The Kier molecular flexibility index (Phi) is 3.25. The SMILES string of the molecule is C[C@H](c1ccccc1)N1C(=O)CC[C@@H]1CO. The lowest BCUT2D eigenvalue weighted by Crippen LogP contribution is -2.37. The minimum atomic E-state index is -0.0114. The van der Waals surface area contributed by atoms with Crippen LogP contribution >= 0.6 is 0 Å². The number of hydrogen-bond donors (Lipinski definition) is 1. The van der Waals surface area contributed by atoms with Gasteiger partial charge in [-0.1, -0.05) is 30.3 Å². The van der Waals surface area contributed by atoms with Crippen molar-refractivity contribution in [3.05, 3.63) is 35.9 Å². The Morgan fingerprint density at radius 2 is 2.12 bits per heavy atom. The molecule has 2 rings (SSSR count). The van der Waals surface area contributed by atoms with Crippen LogP contribution in [0.5, 0.6) is 0 Å². The molecule has 0 aliphatic carbocycles. The predicted molar refractivity (Wildman–Crippen MR) is 61.8 cm³/mol. The molecule has 0 unspecified atom stereocenters. The fourth-order valence-electron chi connectivity index (χ4n) is 2.37. The highest BCUT2D eigenvalue weighted by Crippen LogP contribution is 2.29. The fraction of sp³-hybridized carbons (Fsp3) is 0.462. The van der Waals surface area contributed by atoms with E-state index >= 15 is 0 Å². The van der Waals surface area contributed by atoms with Gasteiger partial charge in [0.2, 0.25) is 5.91 Å². The minimum Gasteiger partial charge on any atom is -0.394 e. The molecule has 1 saturated heterocycles. The molecule has 1 aliphatic heterocycles. The van der Waals surface area contributed by atoms with Crippen molar-refractivity contribution in [2.24, 2.45) is 0 Å². The highest BCUT2D eigenvalue weighted by Gasteiger charge is 2.34. The van der Waals surface area contributed by atoms with E-state index in [0.29, 0.717) is 6.42 Å². The zero-order valence-electron chi connectivity index (χ0n) is 9.47. The average Bonchev–Trinajstić information content (AvgIpc) is 2.70. The topological polar surface area (TPSA) is 40.5 Å². The maximum atomic E-state index is 11.8. The van der Waals surface area contributed by atoms with Crippen molar-refractivity contribution >= 4 is 5.91 Å². The molecule has 0 saturated carbocycles. The number of aliphatic hydroxyl groups excluding tert-OH is 1.